The number of hydrogen-bond donors (Lipinski definition) is 0. The van der Waals surface area contributed by atoms with Crippen LogP contribution in [0, 0.1) is 0 Å². The van der Waals surface area contributed by atoms with E-state index in [1.165, 1.54) is 21.2 Å². The normalized spacial score (nSPS) is 11.4. The molecule has 0 fully saturated rings. The SMILES string of the molecule is ClC(Cl)(CP(c1ccccc1)c1ccccc1)CP(c1ccccc1)c1ccccc1.[Pd]. The topological polar surface area (TPSA) is 0 Å². The molecule has 0 N–H and O–H groups in total. The van der Waals surface area contributed by atoms with Crippen LogP contribution >= 0.6 is 39.0 Å². The molecule has 4 aromatic rings. The molecule has 0 heterocycles. The standard InChI is InChI=1S/C27H24Cl2P2.Pd/c28-27(29,21-30(23-13-5-1-6-14-23)24-15-7-2-8-16-24)22-31(25-17-9-3-10-18-25)26-19-11-4-12-20-26;/h1-20H,21-22H2;. The van der Waals surface area contributed by atoms with Crippen molar-refractivity contribution in [2.24, 2.45) is 0 Å². The van der Waals surface area contributed by atoms with Crippen molar-refractivity contribution in [1.29, 1.82) is 0 Å². The van der Waals surface area contributed by atoms with Gasteiger partial charge in [-0.05, 0) is 37.1 Å². The fourth-order valence-electron chi connectivity index (χ4n) is 3.61. The van der Waals surface area contributed by atoms with Gasteiger partial charge in [0.2, 0.25) is 0 Å². The van der Waals surface area contributed by atoms with Gasteiger partial charge >= 0.3 is 0 Å². The van der Waals surface area contributed by atoms with Crippen LogP contribution in [0.3, 0.4) is 0 Å². The molecule has 0 aliphatic rings. The Balaban J connectivity index is 0.00000289. The molecule has 0 saturated carbocycles. The summed E-state index contributed by atoms with van der Waals surface area (Å²) in [5.41, 5.74) is 0. The Morgan fingerprint density at radius 1 is 0.438 bits per heavy atom. The molecule has 0 nitrogen and oxygen atoms in total. The molecule has 0 atom stereocenters. The minimum atomic E-state index is -0.839. The Bertz CT molecular complexity index is 896. The summed E-state index contributed by atoms with van der Waals surface area (Å²) in [7, 11) is -1.32. The summed E-state index contributed by atoms with van der Waals surface area (Å²) in [5.74, 6) is 0. The third kappa shape index (κ3) is 6.99. The Kier molecular flexibility index (Phi) is 9.96. The van der Waals surface area contributed by atoms with Gasteiger partial charge in [0, 0.05) is 32.7 Å². The molecule has 32 heavy (non-hydrogen) atoms. The maximum atomic E-state index is 7.12. The summed E-state index contributed by atoms with van der Waals surface area (Å²) in [6.45, 7) is 0. The summed E-state index contributed by atoms with van der Waals surface area (Å²) in [4.78, 5) is 0. The molecule has 0 spiro atoms. The van der Waals surface area contributed by atoms with Gasteiger partial charge in [-0.25, -0.2) is 0 Å². The Labute approximate surface area is 217 Å². The summed E-state index contributed by atoms with van der Waals surface area (Å²) in [5, 5.41) is 5.22. The number of halogens is 2. The van der Waals surface area contributed by atoms with Crippen LogP contribution in [0.25, 0.3) is 0 Å². The van der Waals surface area contributed by atoms with Gasteiger partial charge in [-0.3, -0.25) is 0 Å². The zero-order valence-electron chi connectivity index (χ0n) is 17.4. The second kappa shape index (κ2) is 12.4. The van der Waals surface area contributed by atoms with E-state index in [1.54, 1.807) is 0 Å². The quantitative estimate of drug-likeness (QED) is 0.127. The van der Waals surface area contributed by atoms with E-state index in [1.807, 2.05) is 0 Å². The molecule has 4 rings (SSSR count). The molecule has 4 aromatic carbocycles. The molecular weight excluding hydrogens is 564 g/mol. The van der Waals surface area contributed by atoms with Crippen molar-refractivity contribution in [2.75, 3.05) is 12.3 Å². The first-order valence-electron chi connectivity index (χ1n) is 10.3. The third-order valence-corrected chi connectivity index (χ3v) is 11.7. The number of rotatable bonds is 8. The zero-order valence-corrected chi connectivity index (χ0v) is 22.3. The van der Waals surface area contributed by atoms with Crippen molar-refractivity contribution in [3.63, 3.8) is 0 Å². The zero-order chi connectivity index (χ0) is 21.5. The second-order valence-corrected chi connectivity index (χ2v) is 13.4. The minimum absolute atomic E-state index is 0. The van der Waals surface area contributed by atoms with Gasteiger partial charge in [-0.1, -0.05) is 121 Å². The molecule has 0 radical (unpaired) electrons. The number of alkyl halides is 2. The van der Waals surface area contributed by atoms with Gasteiger partial charge in [0.1, 0.15) is 4.33 Å². The van der Waals surface area contributed by atoms with Gasteiger partial charge in [0.15, 0.2) is 0 Å². The average molecular weight is 588 g/mol. The largest absolute Gasteiger partial charge is 0.127 e. The first-order chi connectivity index (χ1) is 15.1. The molecule has 0 amide bonds. The molecule has 0 aliphatic heterocycles. The van der Waals surface area contributed by atoms with Crippen LogP contribution in [0.4, 0.5) is 0 Å². The maximum Gasteiger partial charge on any atom is 0.127 e. The van der Waals surface area contributed by atoms with E-state index in [0.717, 1.165) is 12.3 Å². The van der Waals surface area contributed by atoms with Crippen molar-refractivity contribution in [3.05, 3.63) is 121 Å². The molecule has 166 valence electrons. The smallest absolute Gasteiger partial charge is 0.101 e. The van der Waals surface area contributed by atoms with Crippen LogP contribution in [0.2, 0.25) is 0 Å². The van der Waals surface area contributed by atoms with E-state index >= 15 is 0 Å². The second-order valence-electron chi connectivity index (χ2n) is 7.37. The Hall–Kier alpha value is -1.02. The molecule has 0 bridgehead atoms. The molecular formula is C27H24Cl2P2Pd. The minimum Gasteiger partial charge on any atom is -0.101 e. The van der Waals surface area contributed by atoms with Gasteiger partial charge in [-0.15, -0.1) is 23.2 Å². The third-order valence-electron chi connectivity index (χ3n) is 5.05. The van der Waals surface area contributed by atoms with E-state index in [-0.39, 0.29) is 20.4 Å². The van der Waals surface area contributed by atoms with Crippen LogP contribution in [0.5, 0.6) is 0 Å². The average Bonchev–Trinajstić information content (AvgIpc) is 2.83. The van der Waals surface area contributed by atoms with Crippen LogP contribution in [-0.4, -0.2) is 16.7 Å². The summed E-state index contributed by atoms with van der Waals surface area (Å²) >= 11 is 14.2. The van der Waals surface area contributed by atoms with Crippen molar-refractivity contribution >= 4 is 60.3 Å². The van der Waals surface area contributed by atoms with Crippen LogP contribution < -0.4 is 21.2 Å². The molecule has 0 unspecified atom stereocenters. The van der Waals surface area contributed by atoms with Crippen molar-refractivity contribution in [3.8, 4) is 0 Å². The van der Waals surface area contributed by atoms with Gasteiger partial charge in [0.05, 0.1) is 0 Å². The Morgan fingerprint density at radius 2 is 0.656 bits per heavy atom. The number of hydrogen-bond acceptors (Lipinski definition) is 0. The fraction of sp³-hybridized carbons (Fsp3) is 0.111. The van der Waals surface area contributed by atoms with Gasteiger partial charge < -0.3 is 0 Å². The molecule has 0 saturated heterocycles. The first-order valence-corrected chi connectivity index (χ1v) is 14.1. The van der Waals surface area contributed by atoms with E-state index in [9.17, 15) is 0 Å². The van der Waals surface area contributed by atoms with Crippen molar-refractivity contribution in [1.82, 2.24) is 0 Å². The van der Waals surface area contributed by atoms with Crippen molar-refractivity contribution < 1.29 is 20.4 Å². The fourth-order valence-corrected chi connectivity index (χ4v) is 9.82. The summed E-state index contributed by atoms with van der Waals surface area (Å²) < 4.78 is -0.839. The van der Waals surface area contributed by atoms with E-state index in [0.29, 0.717) is 0 Å². The van der Waals surface area contributed by atoms with Crippen LogP contribution in [0.1, 0.15) is 0 Å². The predicted octanol–water partition coefficient (Wildman–Crippen LogP) is 6.42. The Morgan fingerprint density at radius 3 is 0.875 bits per heavy atom. The van der Waals surface area contributed by atoms with Crippen LogP contribution in [-0.2, 0) is 20.4 Å². The van der Waals surface area contributed by atoms with Gasteiger partial charge in [0.25, 0.3) is 0 Å². The predicted molar refractivity (Wildman–Crippen MR) is 142 cm³/mol. The van der Waals surface area contributed by atoms with Crippen LogP contribution in [0.15, 0.2) is 121 Å². The molecule has 5 heteroatoms. The van der Waals surface area contributed by atoms with Gasteiger partial charge in [-0.2, -0.15) is 0 Å². The monoisotopic (exact) mass is 586 g/mol. The van der Waals surface area contributed by atoms with E-state index in [2.05, 4.69) is 121 Å². The first kappa shape index (κ1) is 25.6. The van der Waals surface area contributed by atoms with E-state index < -0.39 is 20.2 Å². The van der Waals surface area contributed by atoms with Crippen molar-refractivity contribution in [2.45, 2.75) is 4.33 Å². The van der Waals surface area contributed by atoms with E-state index in [4.69, 9.17) is 23.2 Å². The summed E-state index contributed by atoms with van der Waals surface area (Å²) in [6.07, 6.45) is 1.44. The molecule has 0 aliphatic carbocycles. The molecule has 0 aromatic heterocycles. The summed E-state index contributed by atoms with van der Waals surface area (Å²) in [6, 6.07) is 42.5. The number of benzene rings is 4. The maximum absolute atomic E-state index is 7.12.